The number of nitro benzene ring substituents is 1. The molecule has 9 heteroatoms. The molecule has 3 aromatic rings. The number of hydrogen-bond donors (Lipinski definition) is 2. The van der Waals surface area contributed by atoms with Crippen molar-refractivity contribution < 1.29 is 14.5 Å². The average molecular weight is 431 g/mol. The molecule has 0 saturated carbocycles. The molecule has 1 aliphatic heterocycles. The van der Waals surface area contributed by atoms with Crippen LogP contribution in [0.15, 0.2) is 73.1 Å². The Kier molecular flexibility index (Phi) is 6.07. The Balaban J connectivity index is 1.46. The number of non-ortho nitro benzene ring substituents is 1. The van der Waals surface area contributed by atoms with Crippen LogP contribution in [0.1, 0.15) is 17.2 Å². The zero-order valence-corrected chi connectivity index (χ0v) is 17.1. The summed E-state index contributed by atoms with van der Waals surface area (Å²) in [5, 5.41) is 16.0. The maximum Gasteiger partial charge on any atom is 0.313 e. The summed E-state index contributed by atoms with van der Waals surface area (Å²) in [6.07, 6.45) is 4.33. The van der Waals surface area contributed by atoms with Crippen LogP contribution in [-0.2, 0) is 16.0 Å². The van der Waals surface area contributed by atoms with Crippen molar-refractivity contribution in [2.45, 2.75) is 12.5 Å². The lowest BCUT2D eigenvalue weighted by molar-refractivity contribution is -0.384. The Labute approximate surface area is 184 Å². The van der Waals surface area contributed by atoms with Crippen LogP contribution in [-0.4, -0.2) is 34.8 Å². The van der Waals surface area contributed by atoms with Crippen LogP contribution >= 0.6 is 0 Å². The van der Waals surface area contributed by atoms with Crippen LogP contribution in [0.25, 0.3) is 0 Å². The normalized spacial score (nSPS) is 13.2. The molecule has 2 amide bonds. The Bertz CT molecular complexity index is 1150. The number of nitrogens with one attached hydrogen (secondary N) is 2. The first-order valence-electron chi connectivity index (χ1n) is 10.1. The summed E-state index contributed by atoms with van der Waals surface area (Å²) in [6, 6.07) is 17.1. The van der Waals surface area contributed by atoms with Gasteiger partial charge in [-0.2, -0.15) is 0 Å². The van der Waals surface area contributed by atoms with Gasteiger partial charge in [-0.05, 0) is 35.7 Å². The summed E-state index contributed by atoms with van der Waals surface area (Å²) in [7, 11) is 0. The minimum atomic E-state index is -0.891. The molecule has 1 atom stereocenters. The predicted molar refractivity (Wildman–Crippen MR) is 119 cm³/mol. The van der Waals surface area contributed by atoms with Crippen molar-refractivity contribution in [1.82, 2.24) is 10.3 Å². The van der Waals surface area contributed by atoms with E-state index in [9.17, 15) is 19.7 Å². The fourth-order valence-corrected chi connectivity index (χ4v) is 3.82. The van der Waals surface area contributed by atoms with E-state index in [0.29, 0.717) is 0 Å². The van der Waals surface area contributed by atoms with Gasteiger partial charge in [0.1, 0.15) is 0 Å². The smallest absolute Gasteiger partial charge is 0.313 e. The fourth-order valence-electron chi connectivity index (χ4n) is 3.82. The zero-order chi connectivity index (χ0) is 22.5. The fraction of sp³-hybridized carbons (Fsp3) is 0.174. The van der Waals surface area contributed by atoms with E-state index in [-0.39, 0.29) is 24.0 Å². The van der Waals surface area contributed by atoms with Crippen LogP contribution < -0.4 is 15.5 Å². The van der Waals surface area contributed by atoms with Gasteiger partial charge in [-0.3, -0.25) is 24.7 Å². The average Bonchev–Trinajstić information content (AvgIpc) is 3.24. The maximum absolute atomic E-state index is 12.5. The van der Waals surface area contributed by atoms with E-state index in [0.717, 1.165) is 24.2 Å². The third-order valence-electron chi connectivity index (χ3n) is 5.35. The van der Waals surface area contributed by atoms with Gasteiger partial charge in [-0.15, -0.1) is 0 Å². The van der Waals surface area contributed by atoms with E-state index < -0.39 is 16.7 Å². The summed E-state index contributed by atoms with van der Waals surface area (Å²) in [5.41, 5.74) is 3.25. The van der Waals surface area contributed by atoms with E-state index in [1.807, 2.05) is 30.3 Å². The number of anilines is 2. The molecule has 4 rings (SSSR count). The van der Waals surface area contributed by atoms with Crippen molar-refractivity contribution >= 4 is 28.9 Å². The van der Waals surface area contributed by atoms with Crippen molar-refractivity contribution in [2.75, 3.05) is 23.3 Å². The minimum absolute atomic E-state index is 0.174. The number of amides is 2. The third kappa shape index (κ3) is 4.56. The molecule has 0 radical (unpaired) electrons. The van der Waals surface area contributed by atoms with Crippen molar-refractivity contribution in [3.8, 4) is 0 Å². The van der Waals surface area contributed by atoms with Crippen molar-refractivity contribution in [1.29, 1.82) is 0 Å². The lowest BCUT2D eigenvalue weighted by Crippen LogP contribution is -2.41. The first-order chi connectivity index (χ1) is 15.5. The first kappa shape index (κ1) is 21.0. The monoisotopic (exact) mass is 431 g/mol. The standard InChI is InChI=1S/C23H21N5O4/c29-22(23(30)26-18-7-3-8-19(13-18)28(31)32)25-15-21(17-6-4-11-24-14-17)27-12-10-16-5-1-2-9-20(16)27/h1-9,11,13-14,21H,10,12,15H2,(H,25,29)(H,26,30). The van der Waals surface area contributed by atoms with Gasteiger partial charge < -0.3 is 15.5 Å². The van der Waals surface area contributed by atoms with Gasteiger partial charge >= 0.3 is 11.8 Å². The number of benzene rings is 2. The molecule has 2 N–H and O–H groups in total. The molecule has 1 aliphatic rings. The van der Waals surface area contributed by atoms with Gasteiger partial charge in [0.15, 0.2) is 0 Å². The van der Waals surface area contributed by atoms with Crippen molar-refractivity contribution in [3.63, 3.8) is 0 Å². The molecule has 0 aliphatic carbocycles. The Morgan fingerprint density at radius 1 is 1.09 bits per heavy atom. The Hall–Kier alpha value is -4.27. The van der Waals surface area contributed by atoms with Gasteiger partial charge in [-0.1, -0.05) is 30.3 Å². The van der Waals surface area contributed by atoms with E-state index >= 15 is 0 Å². The lowest BCUT2D eigenvalue weighted by Gasteiger charge is -2.30. The molecule has 1 unspecified atom stereocenters. The van der Waals surface area contributed by atoms with Crippen LogP contribution in [0.4, 0.5) is 17.1 Å². The Morgan fingerprint density at radius 2 is 1.94 bits per heavy atom. The van der Waals surface area contributed by atoms with Gasteiger partial charge in [0.25, 0.3) is 5.69 Å². The minimum Gasteiger partial charge on any atom is -0.362 e. The molecule has 0 spiro atoms. The maximum atomic E-state index is 12.5. The number of carbonyl (C=O) groups excluding carboxylic acids is 2. The van der Waals surface area contributed by atoms with Crippen molar-refractivity contribution in [3.05, 3.63) is 94.3 Å². The number of para-hydroxylation sites is 1. The molecule has 2 heterocycles. The highest BCUT2D eigenvalue weighted by atomic mass is 16.6. The number of aromatic nitrogens is 1. The molecule has 9 nitrogen and oxygen atoms in total. The molecule has 0 fully saturated rings. The molecule has 0 saturated heterocycles. The van der Waals surface area contributed by atoms with Gasteiger partial charge in [0.05, 0.1) is 11.0 Å². The van der Waals surface area contributed by atoms with E-state index in [1.165, 1.54) is 29.8 Å². The number of nitrogens with zero attached hydrogens (tertiary/aromatic N) is 3. The van der Waals surface area contributed by atoms with Crippen LogP contribution in [0.5, 0.6) is 0 Å². The number of fused-ring (bicyclic) bond motifs is 1. The number of nitro groups is 1. The predicted octanol–water partition coefficient (Wildman–Crippen LogP) is 2.85. The summed E-state index contributed by atoms with van der Waals surface area (Å²) >= 11 is 0. The van der Waals surface area contributed by atoms with Crippen LogP contribution in [0, 0.1) is 10.1 Å². The second-order valence-electron chi connectivity index (χ2n) is 7.35. The van der Waals surface area contributed by atoms with Crippen LogP contribution in [0.3, 0.4) is 0 Å². The van der Waals surface area contributed by atoms with Gasteiger partial charge in [-0.25, -0.2) is 0 Å². The highest BCUT2D eigenvalue weighted by molar-refractivity contribution is 6.39. The molecule has 32 heavy (non-hydrogen) atoms. The van der Waals surface area contributed by atoms with E-state index in [1.54, 1.807) is 12.4 Å². The van der Waals surface area contributed by atoms with Gasteiger partial charge in [0, 0.05) is 49.0 Å². The summed E-state index contributed by atoms with van der Waals surface area (Å²) in [5.74, 6) is -1.71. The second kappa shape index (κ2) is 9.25. The first-order valence-corrected chi connectivity index (χ1v) is 10.1. The number of rotatable bonds is 6. The third-order valence-corrected chi connectivity index (χ3v) is 5.35. The molecular formula is C23H21N5O4. The quantitative estimate of drug-likeness (QED) is 0.352. The molecule has 0 bridgehead atoms. The summed E-state index contributed by atoms with van der Waals surface area (Å²) in [6.45, 7) is 0.982. The number of hydrogen-bond acceptors (Lipinski definition) is 6. The second-order valence-corrected chi connectivity index (χ2v) is 7.35. The van der Waals surface area contributed by atoms with Crippen LogP contribution in [0.2, 0.25) is 0 Å². The highest BCUT2D eigenvalue weighted by Gasteiger charge is 2.28. The van der Waals surface area contributed by atoms with Gasteiger partial charge in [0.2, 0.25) is 0 Å². The van der Waals surface area contributed by atoms with Crippen molar-refractivity contribution in [2.24, 2.45) is 0 Å². The topological polar surface area (TPSA) is 117 Å². The highest BCUT2D eigenvalue weighted by Crippen LogP contribution is 2.34. The summed E-state index contributed by atoms with van der Waals surface area (Å²) in [4.78, 5) is 41.5. The van der Waals surface area contributed by atoms with E-state index in [2.05, 4.69) is 26.6 Å². The molecular weight excluding hydrogens is 410 g/mol. The SMILES string of the molecule is O=C(NCC(c1cccnc1)N1CCc2ccccc21)C(=O)Nc1cccc([N+](=O)[O-])c1. The summed E-state index contributed by atoms with van der Waals surface area (Å²) < 4.78 is 0. The number of carbonyl (C=O) groups is 2. The largest absolute Gasteiger partial charge is 0.362 e. The lowest BCUT2D eigenvalue weighted by atomic mass is 10.1. The zero-order valence-electron chi connectivity index (χ0n) is 17.1. The molecule has 2 aromatic carbocycles. The van der Waals surface area contributed by atoms with E-state index in [4.69, 9.17) is 0 Å². The molecule has 162 valence electrons. The molecule has 1 aromatic heterocycles. The Morgan fingerprint density at radius 3 is 2.72 bits per heavy atom. The number of pyridine rings is 1.